The van der Waals surface area contributed by atoms with Gasteiger partial charge in [-0.2, -0.15) is 0 Å². The van der Waals surface area contributed by atoms with Crippen molar-refractivity contribution < 1.29 is 4.74 Å². The van der Waals surface area contributed by atoms with Gasteiger partial charge in [0.1, 0.15) is 5.75 Å². The number of benzene rings is 2. The van der Waals surface area contributed by atoms with Crippen LogP contribution < -0.4 is 15.4 Å². The molecule has 0 spiro atoms. The van der Waals surface area contributed by atoms with Crippen LogP contribution in [0.15, 0.2) is 48.5 Å². The van der Waals surface area contributed by atoms with Gasteiger partial charge in [-0.1, -0.05) is 25.1 Å². The van der Waals surface area contributed by atoms with Crippen molar-refractivity contribution in [1.29, 1.82) is 0 Å². The number of nitrogen functional groups attached to an aromatic ring is 1. The normalized spacial score (nSPS) is 10.3. The van der Waals surface area contributed by atoms with Crippen molar-refractivity contribution in [1.82, 2.24) is 0 Å². The number of anilines is 2. The number of methoxy groups -OCH3 is 1. The predicted molar refractivity (Wildman–Crippen MR) is 85.2 cm³/mol. The van der Waals surface area contributed by atoms with Crippen LogP contribution in [0.1, 0.15) is 18.9 Å². The molecule has 2 N–H and O–H groups in total. The molecule has 0 saturated carbocycles. The summed E-state index contributed by atoms with van der Waals surface area (Å²) in [6.45, 7) is 4.07. The van der Waals surface area contributed by atoms with Crippen molar-refractivity contribution in [2.75, 3.05) is 24.3 Å². The van der Waals surface area contributed by atoms with Crippen LogP contribution in [0.4, 0.5) is 11.4 Å². The monoisotopic (exact) mass is 270 g/mol. The van der Waals surface area contributed by atoms with Gasteiger partial charge in [-0.25, -0.2) is 0 Å². The molecule has 0 aliphatic heterocycles. The SMILES string of the molecule is CCCN(Cc1ccc(OC)cc1)c1cccc(N)c1. The average Bonchev–Trinajstić information content (AvgIpc) is 2.47. The van der Waals surface area contributed by atoms with E-state index in [1.54, 1.807) is 7.11 Å². The number of hydrogen-bond donors (Lipinski definition) is 1. The Kier molecular flexibility index (Phi) is 4.88. The van der Waals surface area contributed by atoms with Gasteiger partial charge >= 0.3 is 0 Å². The fraction of sp³-hybridized carbons (Fsp3) is 0.294. The lowest BCUT2D eigenvalue weighted by Gasteiger charge is -2.25. The Balaban J connectivity index is 2.16. The molecule has 0 bridgehead atoms. The van der Waals surface area contributed by atoms with Gasteiger partial charge in [0.2, 0.25) is 0 Å². The second-order valence-corrected chi connectivity index (χ2v) is 4.86. The van der Waals surface area contributed by atoms with Crippen molar-refractivity contribution >= 4 is 11.4 Å². The molecule has 0 amide bonds. The van der Waals surface area contributed by atoms with Gasteiger partial charge in [0, 0.05) is 24.5 Å². The molecule has 106 valence electrons. The second-order valence-electron chi connectivity index (χ2n) is 4.86. The summed E-state index contributed by atoms with van der Waals surface area (Å²) in [6.07, 6.45) is 1.10. The van der Waals surface area contributed by atoms with Gasteiger partial charge in [-0.3, -0.25) is 0 Å². The van der Waals surface area contributed by atoms with E-state index in [4.69, 9.17) is 10.5 Å². The standard InChI is InChI=1S/C17H22N2O/c1-3-11-19(16-6-4-5-15(18)12-16)13-14-7-9-17(20-2)10-8-14/h4-10,12H,3,11,13,18H2,1-2H3. The van der Waals surface area contributed by atoms with E-state index in [0.29, 0.717) is 0 Å². The molecule has 3 heteroatoms. The van der Waals surface area contributed by atoms with Crippen LogP contribution in [-0.2, 0) is 6.54 Å². The molecule has 0 radical (unpaired) electrons. The molecule has 0 unspecified atom stereocenters. The predicted octanol–water partition coefficient (Wildman–Crippen LogP) is 3.69. The Morgan fingerprint density at radius 1 is 1.10 bits per heavy atom. The lowest BCUT2D eigenvalue weighted by molar-refractivity contribution is 0.414. The molecule has 3 nitrogen and oxygen atoms in total. The first-order valence-corrected chi connectivity index (χ1v) is 6.96. The van der Waals surface area contributed by atoms with Gasteiger partial charge < -0.3 is 15.4 Å². The minimum absolute atomic E-state index is 0.804. The molecule has 0 fully saturated rings. The Bertz CT molecular complexity index is 537. The fourth-order valence-electron chi connectivity index (χ4n) is 2.24. The average molecular weight is 270 g/mol. The highest BCUT2D eigenvalue weighted by Crippen LogP contribution is 2.21. The summed E-state index contributed by atoms with van der Waals surface area (Å²) in [4.78, 5) is 2.35. The minimum atomic E-state index is 0.804. The van der Waals surface area contributed by atoms with Crippen LogP contribution in [0.25, 0.3) is 0 Å². The zero-order valence-corrected chi connectivity index (χ0v) is 12.2. The first-order valence-electron chi connectivity index (χ1n) is 6.96. The Morgan fingerprint density at radius 3 is 2.45 bits per heavy atom. The number of rotatable bonds is 6. The summed E-state index contributed by atoms with van der Waals surface area (Å²) in [5, 5.41) is 0. The zero-order valence-electron chi connectivity index (χ0n) is 12.2. The van der Waals surface area contributed by atoms with E-state index >= 15 is 0 Å². The first-order chi connectivity index (χ1) is 9.72. The third kappa shape index (κ3) is 3.67. The summed E-state index contributed by atoms with van der Waals surface area (Å²) in [5.74, 6) is 0.889. The smallest absolute Gasteiger partial charge is 0.118 e. The molecule has 0 aromatic heterocycles. The summed E-state index contributed by atoms with van der Waals surface area (Å²) < 4.78 is 5.19. The van der Waals surface area contributed by atoms with Crippen molar-refractivity contribution in [3.63, 3.8) is 0 Å². The zero-order chi connectivity index (χ0) is 14.4. The highest BCUT2D eigenvalue weighted by Gasteiger charge is 2.07. The highest BCUT2D eigenvalue weighted by molar-refractivity contribution is 5.56. The van der Waals surface area contributed by atoms with Crippen molar-refractivity contribution in [2.45, 2.75) is 19.9 Å². The molecule has 2 aromatic carbocycles. The fourth-order valence-corrected chi connectivity index (χ4v) is 2.24. The second kappa shape index (κ2) is 6.85. The van der Waals surface area contributed by atoms with E-state index in [0.717, 1.165) is 30.9 Å². The van der Waals surface area contributed by atoms with Crippen LogP contribution in [-0.4, -0.2) is 13.7 Å². The Morgan fingerprint density at radius 2 is 1.85 bits per heavy atom. The van der Waals surface area contributed by atoms with Crippen molar-refractivity contribution in [2.24, 2.45) is 0 Å². The molecular weight excluding hydrogens is 248 g/mol. The topological polar surface area (TPSA) is 38.5 Å². The van der Waals surface area contributed by atoms with E-state index < -0.39 is 0 Å². The van der Waals surface area contributed by atoms with Gasteiger partial charge in [0.05, 0.1) is 7.11 Å². The highest BCUT2D eigenvalue weighted by atomic mass is 16.5. The lowest BCUT2D eigenvalue weighted by atomic mass is 10.1. The van der Waals surface area contributed by atoms with Gasteiger partial charge in [0.25, 0.3) is 0 Å². The van der Waals surface area contributed by atoms with Gasteiger partial charge in [-0.15, -0.1) is 0 Å². The maximum atomic E-state index is 5.88. The molecule has 2 rings (SSSR count). The van der Waals surface area contributed by atoms with E-state index in [1.807, 2.05) is 30.3 Å². The number of nitrogens with zero attached hydrogens (tertiary/aromatic N) is 1. The molecule has 0 aliphatic rings. The number of nitrogens with two attached hydrogens (primary N) is 1. The Labute approximate surface area is 121 Å². The molecule has 0 saturated heterocycles. The largest absolute Gasteiger partial charge is 0.497 e. The molecular formula is C17H22N2O. The van der Waals surface area contributed by atoms with Crippen LogP contribution in [0.5, 0.6) is 5.75 Å². The number of ether oxygens (including phenoxy) is 1. The summed E-state index contributed by atoms with van der Waals surface area (Å²) in [5.41, 5.74) is 9.12. The van der Waals surface area contributed by atoms with Crippen LogP contribution in [0.3, 0.4) is 0 Å². The maximum Gasteiger partial charge on any atom is 0.118 e. The van der Waals surface area contributed by atoms with E-state index in [9.17, 15) is 0 Å². The summed E-state index contributed by atoms with van der Waals surface area (Å²) in [6, 6.07) is 16.3. The minimum Gasteiger partial charge on any atom is -0.497 e. The van der Waals surface area contributed by atoms with Crippen molar-refractivity contribution in [3.05, 3.63) is 54.1 Å². The van der Waals surface area contributed by atoms with Gasteiger partial charge in [0.15, 0.2) is 0 Å². The molecule has 0 atom stereocenters. The lowest BCUT2D eigenvalue weighted by Crippen LogP contribution is -2.23. The Hall–Kier alpha value is -2.16. The third-order valence-electron chi connectivity index (χ3n) is 3.26. The number of hydrogen-bond acceptors (Lipinski definition) is 3. The van der Waals surface area contributed by atoms with E-state index in [1.165, 1.54) is 11.3 Å². The van der Waals surface area contributed by atoms with Crippen LogP contribution in [0.2, 0.25) is 0 Å². The molecule has 20 heavy (non-hydrogen) atoms. The molecule has 0 aliphatic carbocycles. The van der Waals surface area contributed by atoms with E-state index in [2.05, 4.69) is 30.0 Å². The van der Waals surface area contributed by atoms with Gasteiger partial charge in [-0.05, 0) is 42.3 Å². The van der Waals surface area contributed by atoms with Crippen molar-refractivity contribution in [3.8, 4) is 5.75 Å². The van der Waals surface area contributed by atoms with E-state index in [-0.39, 0.29) is 0 Å². The third-order valence-corrected chi connectivity index (χ3v) is 3.26. The summed E-state index contributed by atoms with van der Waals surface area (Å²) >= 11 is 0. The maximum absolute atomic E-state index is 5.88. The molecule has 0 heterocycles. The molecule has 2 aromatic rings. The summed E-state index contributed by atoms with van der Waals surface area (Å²) in [7, 11) is 1.69. The van der Waals surface area contributed by atoms with Crippen LogP contribution >= 0.6 is 0 Å². The quantitative estimate of drug-likeness (QED) is 0.813. The van der Waals surface area contributed by atoms with Crippen LogP contribution in [0, 0.1) is 0 Å². The first kappa shape index (κ1) is 14.3.